The van der Waals surface area contributed by atoms with Gasteiger partial charge in [0.25, 0.3) is 0 Å². The normalized spacial score (nSPS) is 16.8. The first-order chi connectivity index (χ1) is 13.5. The van der Waals surface area contributed by atoms with Crippen LogP contribution < -0.4 is 10.2 Å². The number of benzene rings is 1. The Morgan fingerprint density at radius 3 is 2.68 bits per heavy atom. The van der Waals surface area contributed by atoms with Gasteiger partial charge in [0.1, 0.15) is 5.92 Å². The van der Waals surface area contributed by atoms with Gasteiger partial charge in [0.05, 0.1) is 18.4 Å². The van der Waals surface area contributed by atoms with Crippen molar-refractivity contribution in [2.45, 2.75) is 26.8 Å². The largest absolute Gasteiger partial charge is 0.323 e. The van der Waals surface area contributed by atoms with Gasteiger partial charge in [-0.15, -0.1) is 0 Å². The number of hydrogen-bond acceptors (Lipinski definition) is 4. The lowest BCUT2D eigenvalue weighted by atomic mass is 10.1. The van der Waals surface area contributed by atoms with Crippen LogP contribution in [0, 0.1) is 5.92 Å². The van der Waals surface area contributed by atoms with Crippen LogP contribution >= 0.6 is 11.6 Å². The standard InChI is InChI=1S/C20H26ClN5O2/c1-3-24(4-2)11-12-25-14-16(13-22-25)23-19(27)18-9-10-26(20(18)28)17-7-5-15(21)6-8-17/h5-8,13-14,18H,3-4,9-12H2,1-2H3,(H,23,27). The molecule has 1 N–H and O–H groups in total. The number of nitrogens with one attached hydrogen (secondary N) is 1. The number of rotatable bonds is 8. The van der Waals surface area contributed by atoms with Crippen LogP contribution in [-0.2, 0) is 16.1 Å². The summed E-state index contributed by atoms with van der Waals surface area (Å²) in [7, 11) is 0. The first kappa shape index (κ1) is 20.4. The number of amides is 2. The molecule has 28 heavy (non-hydrogen) atoms. The van der Waals surface area contributed by atoms with E-state index in [0.717, 1.165) is 31.9 Å². The number of aromatic nitrogens is 2. The van der Waals surface area contributed by atoms with Gasteiger partial charge in [0.2, 0.25) is 11.8 Å². The maximum absolute atomic E-state index is 12.7. The van der Waals surface area contributed by atoms with Gasteiger partial charge in [-0.25, -0.2) is 0 Å². The monoisotopic (exact) mass is 403 g/mol. The number of halogens is 1. The van der Waals surface area contributed by atoms with Crippen molar-refractivity contribution in [3.8, 4) is 0 Å². The number of hydrogen-bond donors (Lipinski definition) is 1. The Kier molecular flexibility index (Phi) is 6.70. The summed E-state index contributed by atoms with van der Waals surface area (Å²) < 4.78 is 1.81. The third-order valence-corrected chi connectivity index (χ3v) is 5.35. The maximum Gasteiger partial charge on any atom is 0.239 e. The van der Waals surface area contributed by atoms with Crippen LogP contribution in [0.4, 0.5) is 11.4 Å². The molecule has 3 rings (SSSR count). The smallest absolute Gasteiger partial charge is 0.239 e. The summed E-state index contributed by atoms with van der Waals surface area (Å²) in [5.41, 5.74) is 1.37. The Balaban J connectivity index is 1.56. The van der Waals surface area contributed by atoms with Gasteiger partial charge < -0.3 is 15.1 Å². The maximum atomic E-state index is 12.7. The second-order valence-corrected chi connectivity index (χ2v) is 7.25. The van der Waals surface area contributed by atoms with Crippen LogP contribution in [0.2, 0.25) is 5.02 Å². The minimum Gasteiger partial charge on any atom is -0.323 e. The van der Waals surface area contributed by atoms with E-state index in [0.29, 0.717) is 23.7 Å². The number of carbonyl (C=O) groups is 2. The highest BCUT2D eigenvalue weighted by Crippen LogP contribution is 2.27. The second-order valence-electron chi connectivity index (χ2n) is 6.82. The lowest BCUT2D eigenvalue weighted by Gasteiger charge is -2.17. The van der Waals surface area contributed by atoms with E-state index in [2.05, 4.69) is 29.2 Å². The molecule has 1 atom stereocenters. The van der Waals surface area contributed by atoms with Gasteiger partial charge in [-0.2, -0.15) is 5.10 Å². The van der Waals surface area contributed by atoms with E-state index in [9.17, 15) is 9.59 Å². The molecule has 1 fully saturated rings. The van der Waals surface area contributed by atoms with Crippen molar-refractivity contribution in [2.75, 3.05) is 36.4 Å². The van der Waals surface area contributed by atoms with Crippen molar-refractivity contribution in [1.82, 2.24) is 14.7 Å². The summed E-state index contributed by atoms with van der Waals surface area (Å²) >= 11 is 5.90. The molecule has 0 bridgehead atoms. The third kappa shape index (κ3) is 4.72. The minimum absolute atomic E-state index is 0.186. The molecule has 1 aromatic heterocycles. The summed E-state index contributed by atoms with van der Waals surface area (Å²) in [4.78, 5) is 29.2. The van der Waals surface area contributed by atoms with Crippen LogP contribution in [-0.4, -0.2) is 52.7 Å². The molecule has 2 amide bonds. The van der Waals surface area contributed by atoms with Crippen molar-refractivity contribution >= 4 is 34.8 Å². The quantitative estimate of drug-likeness (QED) is 0.688. The highest BCUT2D eigenvalue weighted by Gasteiger charge is 2.37. The first-order valence-electron chi connectivity index (χ1n) is 9.64. The molecule has 0 spiro atoms. The molecule has 0 aliphatic carbocycles. The SMILES string of the molecule is CCN(CC)CCn1cc(NC(=O)C2CCN(c3ccc(Cl)cc3)C2=O)cn1. The average molecular weight is 404 g/mol. The van der Waals surface area contributed by atoms with Crippen molar-refractivity contribution in [2.24, 2.45) is 5.92 Å². The van der Waals surface area contributed by atoms with Gasteiger partial charge in [0.15, 0.2) is 0 Å². The molecule has 0 saturated carbocycles. The second kappa shape index (κ2) is 9.21. The Hall–Kier alpha value is -2.38. The summed E-state index contributed by atoms with van der Waals surface area (Å²) in [5.74, 6) is -1.16. The minimum atomic E-state index is -0.685. The summed E-state index contributed by atoms with van der Waals surface area (Å²) in [6.07, 6.45) is 3.91. The molecule has 2 aromatic rings. The highest BCUT2D eigenvalue weighted by molar-refractivity contribution is 6.30. The van der Waals surface area contributed by atoms with E-state index in [1.807, 2.05) is 4.68 Å². The van der Waals surface area contributed by atoms with E-state index < -0.39 is 5.92 Å². The summed E-state index contributed by atoms with van der Waals surface area (Å²) in [5, 5.41) is 7.73. The van der Waals surface area contributed by atoms with Crippen molar-refractivity contribution < 1.29 is 9.59 Å². The number of anilines is 2. The third-order valence-electron chi connectivity index (χ3n) is 5.10. The van der Waals surface area contributed by atoms with Crippen LogP contribution in [0.25, 0.3) is 0 Å². The van der Waals surface area contributed by atoms with Gasteiger partial charge in [0, 0.05) is 30.0 Å². The molecule has 2 heterocycles. The van der Waals surface area contributed by atoms with Gasteiger partial charge >= 0.3 is 0 Å². The fourth-order valence-corrected chi connectivity index (χ4v) is 3.49. The number of likely N-dealkylation sites (N-methyl/N-ethyl adjacent to an activating group) is 1. The number of nitrogens with zero attached hydrogens (tertiary/aromatic N) is 4. The van der Waals surface area contributed by atoms with Crippen molar-refractivity contribution in [1.29, 1.82) is 0 Å². The van der Waals surface area contributed by atoms with Crippen LogP contribution in [0.15, 0.2) is 36.7 Å². The molecule has 1 aliphatic heterocycles. The molecule has 8 heteroatoms. The Bertz CT molecular complexity index is 816. The zero-order chi connectivity index (χ0) is 20.1. The zero-order valence-corrected chi connectivity index (χ0v) is 17.0. The molecule has 1 aliphatic rings. The van der Waals surface area contributed by atoms with Crippen molar-refractivity contribution in [3.05, 3.63) is 41.7 Å². The molecule has 1 unspecified atom stereocenters. The van der Waals surface area contributed by atoms with Gasteiger partial charge in [-0.1, -0.05) is 25.4 Å². The fourth-order valence-electron chi connectivity index (χ4n) is 3.36. The highest BCUT2D eigenvalue weighted by atomic mass is 35.5. The molecule has 7 nitrogen and oxygen atoms in total. The Morgan fingerprint density at radius 1 is 1.29 bits per heavy atom. The van der Waals surface area contributed by atoms with E-state index in [4.69, 9.17) is 11.6 Å². The topological polar surface area (TPSA) is 70.5 Å². The zero-order valence-electron chi connectivity index (χ0n) is 16.3. The lowest BCUT2D eigenvalue weighted by molar-refractivity contribution is -0.129. The molecule has 1 saturated heterocycles. The van der Waals surface area contributed by atoms with E-state index in [1.165, 1.54) is 0 Å². The Labute approximate surface area is 170 Å². The molecule has 1 aromatic carbocycles. The Morgan fingerprint density at radius 2 is 2.00 bits per heavy atom. The molecule has 150 valence electrons. The lowest BCUT2D eigenvalue weighted by Crippen LogP contribution is -2.32. The van der Waals surface area contributed by atoms with Gasteiger partial charge in [-0.3, -0.25) is 14.3 Å². The van der Waals surface area contributed by atoms with E-state index >= 15 is 0 Å². The summed E-state index contributed by atoms with van der Waals surface area (Å²) in [6, 6.07) is 7.06. The van der Waals surface area contributed by atoms with E-state index in [1.54, 1.807) is 41.6 Å². The van der Waals surface area contributed by atoms with E-state index in [-0.39, 0.29) is 11.8 Å². The molecular formula is C20H26ClN5O2. The van der Waals surface area contributed by atoms with Crippen LogP contribution in [0.5, 0.6) is 0 Å². The molecule has 0 radical (unpaired) electrons. The predicted molar refractivity (Wildman–Crippen MR) is 111 cm³/mol. The summed E-state index contributed by atoms with van der Waals surface area (Å²) in [6.45, 7) is 8.42. The van der Waals surface area contributed by atoms with Crippen LogP contribution in [0.3, 0.4) is 0 Å². The average Bonchev–Trinajstić information content (AvgIpc) is 3.30. The predicted octanol–water partition coefficient (Wildman–Crippen LogP) is 2.87. The van der Waals surface area contributed by atoms with Crippen molar-refractivity contribution in [3.63, 3.8) is 0 Å². The molecular weight excluding hydrogens is 378 g/mol. The number of carbonyl (C=O) groups excluding carboxylic acids is 2. The first-order valence-corrected chi connectivity index (χ1v) is 10.0. The fraction of sp³-hybridized carbons (Fsp3) is 0.450. The van der Waals surface area contributed by atoms with Gasteiger partial charge in [-0.05, 0) is 43.8 Å². The van der Waals surface area contributed by atoms with Crippen LogP contribution in [0.1, 0.15) is 20.3 Å².